The highest BCUT2D eigenvalue weighted by Gasteiger charge is 2.16. The highest BCUT2D eigenvalue weighted by molar-refractivity contribution is 8.00. The number of thioether (sulfide) groups is 1. The Balaban J connectivity index is 1.43. The number of aliphatic imine (C=N–C) groups is 1. The molecule has 3 heterocycles. The fraction of sp³-hybridized carbons (Fsp3) is 0.0500. The molecular formula is C20H13N3O2S2. The molecule has 132 valence electrons. The van der Waals surface area contributed by atoms with Gasteiger partial charge in [0.25, 0.3) is 0 Å². The molecule has 0 amide bonds. The first-order chi connectivity index (χ1) is 13.3. The fourth-order valence-corrected chi connectivity index (χ4v) is 4.97. The lowest BCUT2D eigenvalue weighted by molar-refractivity contribution is 0.387. The molecule has 1 aliphatic heterocycles. The van der Waals surface area contributed by atoms with Crippen molar-refractivity contribution in [3.63, 3.8) is 0 Å². The van der Waals surface area contributed by atoms with Gasteiger partial charge in [-0.2, -0.15) is 0 Å². The predicted octanol–water partition coefficient (Wildman–Crippen LogP) is 5.13. The molecule has 7 heteroatoms. The second-order valence-corrected chi connectivity index (χ2v) is 8.25. The van der Waals surface area contributed by atoms with Crippen LogP contribution in [0.5, 0.6) is 0 Å². The molecule has 0 saturated heterocycles. The minimum Gasteiger partial charge on any atom is -0.338 e. The van der Waals surface area contributed by atoms with Gasteiger partial charge in [-0.15, -0.1) is 11.3 Å². The van der Waals surface area contributed by atoms with Crippen LogP contribution in [0.2, 0.25) is 0 Å². The third kappa shape index (κ3) is 3.05. The summed E-state index contributed by atoms with van der Waals surface area (Å²) >= 11 is 3.23. The Kier molecular flexibility index (Phi) is 4.03. The van der Waals surface area contributed by atoms with Gasteiger partial charge >= 0.3 is 5.63 Å². The number of aromatic nitrogens is 2. The summed E-state index contributed by atoms with van der Waals surface area (Å²) in [6.45, 7) is 0. The largest absolute Gasteiger partial charge is 0.364 e. The molecule has 2 aromatic heterocycles. The van der Waals surface area contributed by atoms with Crippen molar-refractivity contribution < 1.29 is 4.52 Å². The third-order valence-electron chi connectivity index (χ3n) is 4.28. The molecular weight excluding hydrogens is 378 g/mol. The van der Waals surface area contributed by atoms with E-state index in [1.165, 1.54) is 0 Å². The Bertz CT molecular complexity index is 1230. The number of para-hydroxylation sites is 2. The lowest BCUT2D eigenvalue weighted by Gasteiger charge is -1.99. The molecule has 0 bridgehead atoms. The van der Waals surface area contributed by atoms with Crippen molar-refractivity contribution in [2.75, 3.05) is 0 Å². The number of rotatable bonds is 4. The summed E-state index contributed by atoms with van der Waals surface area (Å²) in [6, 6.07) is 15.9. The van der Waals surface area contributed by atoms with Crippen molar-refractivity contribution in [1.29, 1.82) is 0 Å². The maximum absolute atomic E-state index is 12.2. The average molecular weight is 391 g/mol. The number of allylic oxidation sites excluding steroid dienone is 1. The molecule has 0 radical (unpaired) electrons. The van der Waals surface area contributed by atoms with Crippen LogP contribution in [-0.4, -0.2) is 16.4 Å². The number of benzene rings is 2. The normalized spacial score (nSPS) is 14.3. The van der Waals surface area contributed by atoms with Gasteiger partial charge in [-0.25, -0.2) is 14.9 Å². The molecule has 2 aromatic carbocycles. The molecule has 27 heavy (non-hydrogen) atoms. The first-order valence-electron chi connectivity index (χ1n) is 8.32. The number of H-pyrrole nitrogens is 1. The summed E-state index contributed by atoms with van der Waals surface area (Å²) < 4.78 is 7.16. The standard InChI is InChI=1S/C20H13N3O2S2/c24-19-14(9-12-10-21-15-6-2-1-5-13(12)15)17(23-25-19)11-26-20-22-16-7-3-4-8-18(16)27-20/h1-10,23H,11H2/b12-9+. The van der Waals surface area contributed by atoms with Crippen LogP contribution in [0.3, 0.4) is 0 Å². The lowest BCUT2D eigenvalue weighted by atomic mass is 10.0. The van der Waals surface area contributed by atoms with E-state index in [1.807, 2.05) is 48.5 Å². The monoisotopic (exact) mass is 391 g/mol. The second-order valence-electron chi connectivity index (χ2n) is 6.00. The summed E-state index contributed by atoms with van der Waals surface area (Å²) in [4.78, 5) is 21.2. The minimum absolute atomic E-state index is 0.375. The Hall–Kier alpha value is -2.90. The van der Waals surface area contributed by atoms with Crippen LogP contribution < -0.4 is 5.63 Å². The van der Waals surface area contributed by atoms with Crippen molar-refractivity contribution in [1.82, 2.24) is 10.1 Å². The van der Waals surface area contributed by atoms with E-state index in [0.29, 0.717) is 11.3 Å². The van der Waals surface area contributed by atoms with Crippen LogP contribution in [0, 0.1) is 0 Å². The number of nitrogens with one attached hydrogen (secondary N) is 1. The summed E-state index contributed by atoms with van der Waals surface area (Å²) in [5.41, 5.74) is 4.73. The number of fused-ring (bicyclic) bond motifs is 2. The van der Waals surface area contributed by atoms with Gasteiger partial charge in [-0.3, -0.25) is 4.99 Å². The van der Waals surface area contributed by atoms with Gasteiger partial charge in [-0.05, 0) is 24.3 Å². The Labute approximate surface area is 162 Å². The first kappa shape index (κ1) is 16.3. The van der Waals surface area contributed by atoms with Crippen molar-refractivity contribution in [2.45, 2.75) is 10.1 Å². The van der Waals surface area contributed by atoms with Crippen LogP contribution in [0.1, 0.15) is 16.8 Å². The van der Waals surface area contributed by atoms with E-state index in [-0.39, 0.29) is 5.63 Å². The average Bonchev–Trinajstić information content (AvgIpc) is 3.38. The van der Waals surface area contributed by atoms with Crippen molar-refractivity contribution in [3.05, 3.63) is 75.8 Å². The topological polar surface area (TPSA) is 71.2 Å². The number of nitrogens with zero attached hydrogens (tertiary/aromatic N) is 2. The van der Waals surface area contributed by atoms with Crippen molar-refractivity contribution in [3.8, 4) is 0 Å². The van der Waals surface area contributed by atoms with Crippen LogP contribution >= 0.6 is 23.1 Å². The highest BCUT2D eigenvalue weighted by Crippen LogP contribution is 2.34. The van der Waals surface area contributed by atoms with E-state index in [2.05, 4.69) is 21.2 Å². The predicted molar refractivity (Wildman–Crippen MR) is 111 cm³/mol. The van der Waals surface area contributed by atoms with Gasteiger partial charge in [0.05, 0.1) is 27.2 Å². The Morgan fingerprint density at radius 3 is 2.93 bits per heavy atom. The molecule has 0 fully saturated rings. The zero-order valence-electron chi connectivity index (χ0n) is 14.0. The molecule has 1 N–H and O–H groups in total. The lowest BCUT2D eigenvalue weighted by Crippen LogP contribution is -1.99. The fourth-order valence-electron chi connectivity index (χ4n) is 2.95. The maximum Gasteiger partial charge on any atom is 0.364 e. The number of aromatic amines is 1. The van der Waals surface area contributed by atoms with E-state index >= 15 is 0 Å². The van der Waals surface area contributed by atoms with Gasteiger partial charge in [0.2, 0.25) is 0 Å². The molecule has 4 aromatic rings. The summed E-state index contributed by atoms with van der Waals surface area (Å²) in [7, 11) is 0. The highest BCUT2D eigenvalue weighted by atomic mass is 32.2. The number of hydrogen-bond acceptors (Lipinski definition) is 6. The van der Waals surface area contributed by atoms with Gasteiger partial charge in [0.15, 0.2) is 4.34 Å². The summed E-state index contributed by atoms with van der Waals surface area (Å²) in [5, 5.41) is 2.76. The molecule has 0 saturated carbocycles. The van der Waals surface area contributed by atoms with Crippen LogP contribution in [-0.2, 0) is 5.75 Å². The van der Waals surface area contributed by atoms with Crippen molar-refractivity contribution >= 4 is 56.9 Å². The van der Waals surface area contributed by atoms with E-state index in [9.17, 15) is 4.79 Å². The van der Waals surface area contributed by atoms with Crippen molar-refractivity contribution in [2.24, 2.45) is 4.99 Å². The van der Waals surface area contributed by atoms with Gasteiger partial charge < -0.3 is 4.52 Å². The number of hydrogen-bond donors (Lipinski definition) is 1. The summed E-state index contributed by atoms with van der Waals surface area (Å²) in [6.07, 6.45) is 3.62. The Morgan fingerprint density at radius 2 is 2.00 bits per heavy atom. The number of thiazole rings is 1. The van der Waals surface area contributed by atoms with Crippen LogP contribution in [0.15, 0.2) is 67.2 Å². The smallest absolute Gasteiger partial charge is 0.338 e. The molecule has 0 unspecified atom stereocenters. The van der Waals surface area contributed by atoms with E-state index in [4.69, 9.17) is 4.52 Å². The van der Waals surface area contributed by atoms with Gasteiger partial charge in [-0.1, -0.05) is 42.1 Å². The molecule has 5 nitrogen and oxygen atoms in total. The Morgan fingerprint density at radius 1 is 1.15 bits per heavy atom. The zero-order valence-corrected chi connectivity index (χ0v) is 15.6. The quantitative estimate of drug-likeness (QED) is 0.490. The molecule has 1 aliphatic rings. The minimum atomic E-state index is -0.375. The molecule has 5 rings (SSSR count). The molecule has 0 spiro atoms. The molecule has 0 atom stereocenters. The molecule has 0 aliphatic carbocycles. The van der Waals surface area contributed by atoms with Crippen LogP contribution in [0.25, 0.3) is 21.9 Å². The maximum atomic E-state index is 12.2. The van der Waals surface area contributed by atoms with Gasteiger partial charge in [0, 0.05) is 23.1 Å². The van der Waals surface area contributed by atoms with E-state index in [0.717, 1.165) is 37.1 Å². The second kappa shape index (κ2) is 6.68. The first-order valence-corrected chi connectivity index (χ1v) is 10.1. The third-order valence-corrected chi connectivity index (χ3v) is 6.49. The van der Waals surface area contributed by atoms with E-state index < -0.39 is 0 Å². The summed E-state index contributed by atoms with van der Waals surface area (Å²) in [5.74, 6) is 0.573. The SMILES string of the molecule is O=c1o[nH]c(CSc2nc3ccccc3s2)c1/C=C1\C=Nc2ccccc21. The van der Waals surface area contributed by atoms with E-state index in [1.54, 1.807) is 29.3 Å². The van der Waals surface area contributed by atoms with Crippen LogP contribution in [0.4, 0.5) is 5.69 Å². The van der Waals surface area contributed by atoms with Gasteiger partial charge in [0.1, 0.15) is 0 Å². The zero-order chi connectivity index (χ0) is 18.2.